The van der Waals surface area contributed by atoms with Crippen molar-refractivity contribution in [3.63, 3.8) is 0 Å². The summed E-state index contributed by atoms with van der Waals surface area (Å²) >= 11 is 0. The molecule has 82 heavy (non-hydrogen) atoms. The van der Waals surface area contributed by atoms with Gasteiger partial charge in [-0.1, -0.05) is 58.4 Å². The Kier molecular flexibility index (Phi) is 31.3. The number of ether oxygens (including phenoxy) is 6. The number of piperidine rings is 2. The fourth-order valence-electron chi connectivity index (χ4n) is 11.5. The van der Waals surface area contributed by atoms with Crippen LogP contribution in [0.25, 0.3) is 0 Å². The number of hydrogen-bond acceptors (Lipinski definition) is 14. The van der Waals surface area contributed by atoms with Crippen molar-refractivity contribution < 1.29 is 90.0 Å². The number of quaternary nitrogens is 1. The number of nitrogens with zero attached hydrogens (tertiary/aromatic N) is 2. The Labute approximate surface area is 496 Å². The molecule has 2 amide bonds. The number of amides is 2. The van der Waals surface area contributed by atoms with Gasteiger partial charge in [0.1, 0.15) is 17.2 Å². The van der Waals surface area contributed by atoms with Crippen molar-refractivity contribution in [2.75, 3.05) is 39.5 Å². The van der Waals surface area contributed by atoms with E-state index in [1.165, 1.54) is 4.90 Å². The van der Waals surface area contributed by atoms with Crippen LogP contribution in [0, 0.1) is 52.3 Å². The van der Waals surface area contributed by atoms with Crippen molar-refractivity contribution in [3.05, 3.63) is 50.6 Å². The van der Waals surface area contributed by atoms with Crippen molar-refractivity contribution in [1.29, 1.82) is 0 Å². The Hall–Kier alpha value is -4.91. The quantitative estimate of drug-likeness (QED) is 0.0355. The molecule has 4 aliphatic rings. The van der Waals surface area contributed by atoms with Crippen molar-refractivity contribution >= 4 is 47.4 Å². The largest absolute Gasteiger partial charge is 1.00 e. The van der Waals surface area contributed by atoms with Gasteiger partial charge in [0.15, 0.2) is 11.8 Å². The standard InChI is InChI=1S/C32H51NO7.C21H33NO6.C10H19NO2.ClH/c1-10-13-14-15-16-22(30(37)38-12-3)18-25(34)28-27-24(32(27,8)9)20-33(28)29(36)23(21(4)39-17-11-2)19-26(35)40-31(5,6)7;1-8-9-27-12(2)13(10-15(23)28-20(3,4)5)18(24)22-11-14-16(21(14,6)7)17(22)19(25)26;1-3-5-6-7-8-9(11)10(12)13-4-2;/h10-11,21-24,27-28H,1-2,12-20H2,3-9H3;8,12-14,16-17H,1,9-11H2,2-7H3,(H,25,26);3,9H,1,4-8,11H2,2H3;1H/t21-,22+,23-,24-,27-,28+;12-,13-,14-,16-,17-;9-;/m000./s1. The van der Waals surface area contributed by atoms with Gasteiger partial charge in [0.05, 0.1) is 75.3 Å². The molecule has 4 rings (SSSR count). The molecule has 0 bridgehead atoms. The molecule has 468 valence electrons. The molecule has 19 heteroatoms. The van der Waals surface area contributed by atoms with Gasteiger partial charge >= 0.3 is 29.8 Å². The molecule has 0 spiro atoms. The smallest absolute Gasteiger partial charge is 0.364 e. The second-order valence-corrected chi connectivity index (χ2v) is 25.3. The second kappa shape index (κ2) is 34.1. The Morgan fingerprint density at radius 2 is 1.00 bits per heavy atom. The summed E-state index contributed by atoms with van der Waals surface area (Å²) in [5.41, 5.74) is 2.24. The topological polar surface area (TPSA) is 246 Å². The van der Waals surface area contributed by atoms with Gasteiger partial charge in [-0.05, 0) is 136 Å². The van der Waals surface area contributed by atoms with Gasteiger partial charge in [0.2, 0.25) is 11.8 Å². The molecular formula is C63H104ClN3O15. The van der Waals surface area contributed by atoms with Crippen LogP contribution in [0.15, 0.2) is 50.6 Å². The van der Waals surface area contributed by atoms with Crippen LogP contribution in [0.2, 0.25) is 0 Å². The van der Waals surface area contributed by atoms with Gasteiger partial charge in [-0.15, -0.1) is 26.3 Å². The number of aliphatic carboxylic acids is 1. The van der Waals surface area contributed by atoms with Crippen LogP contribution in [0.1, 0.15) is 168 Å². The lowest BCUT2D eigenvalue weighted by Crippen LogP contribution is -3.00. The molecule has 0 aromatic rings. The minimum Gasteiger partial charge on any atom is -1.00 e. The summed E-state index contributed by atoms with van der Waals surface area (Å²) in [6.45, 7) is 42.6. The number of ketones is 1. The van der Waals surface area contributed by atoms with Crippen LogP contribution in [0.3, 0.4) is 0 Å². The monoisotopic (exact) mass is 1180 g/mol. The van der Waals surface area contributed by atoms with Crippen LogP contribution in [-0.2, 0) is 66.8 Å². The van der Waals surface area contributed by atoms with Crippen molar-refractivity contribution in [2.24, 2.45) is 52.3 Å². The maximum absolute atomic E-state index is 14.1. The Bertz CT molecular complexity index is 2170. The number of carbonyl (C=O) groups is 8. The molecule has 0 unspecified atom stereocenters. The first-order chi connectivity index (χ1) is 37.7. The number of halogens is 1. The number of carboxylic acid groups (broad SMARTS) is 1. The van der Waals surface area contributed by atoms with E-state index in [0.717, 1.165) is 44.9 Å². The first-order valence-corrected chi connectivity index (χ1v) is 29.4. The number of Topliss-reactive ketones (excluding diaryl/α,β-unsaturated/α-hetero) is 1. The zero-order valence-electron chi connectivity index (χ0n) is 52.2. The number of esters is 4. The number of rotatable bonds is 32. The predicted molar refractivity (Wildman–Crippen MR) is 310 cm³/mol. The Morgan fingerprint density at radius 1 is 0.610 bits per heavy atom. The molecule has 2 saturated heterocycles. The van der Waals surface area contributed by atoms with Crippen molar-refractivity contribution in [3.8, 4) is 0 Å². The molecule has 0 aromatic heterocycles. The molecule has 2 aliphatic heterocycles. The zero-order chi connectivity index (χ0) is 61.8. The lowest BCUT2D eigenvalue weighted by Gasteiger charge is -2.35. The zero-order valence-corrected chi connectivity index (χ0v) is 53.0. The van der Waals surface area contributed by atoms with E-state index in [2.05, 4.69) is 45.9 Å². The minimum atomic E-state index is -0.998. The van der Waals surface area contributed by atoms with E-state index in [1.54, 1.807) is 79.4 Å². The number of fused-ring (bicyclic) bond motifs is 2. The lowest BCUT2D eigenvalue weighted by molar-refractivity contribution is -0.409. The van der Waals surface area contributed by atoms with E-state index < -0.39 is 71.2 Å². The highest BCUT2D eigenvalue weighted by atomic mass is 35.5. The van der Waals surface area contributed by atoms with Crippen LogP contribution in [-0.4, -0.2) is 143 Å². The van der Waals surface area contributed by atoms with Crippen LogP contribution in [0.5, 0.6) is 0 Å². The normalized spacial score (nSPS) is 22.7. The van der Waals surface area contributed by atoms with Crippen LogP contribution in [0.4, 0.5) is 0 Å². The molecule has 2 heterocycles. The molecule has 2 aliphatic carbocycles. The summed E-state index contributed by atoms with van der Waals surface area (Å²) in [7, 11) is 0. The number of carbonyl (C=O) groups excluding carboxylic acids is 7. The maximum Gasteiger partial charge on any atom is 0.364 e. The number of unbranched alkanes of at least 4 members (excludes halogenated alkanes) is 4. The van der Waals surface area contributed by atoms with Crippen LogP contribution >= 0.6 is 0 Å². The summed E-state index contributed by atoms with van der Waals surface area (Å²) in [6, 6.07) is -1.71. The summed E-state index contributed by atoms with van der Waals surface area (Å²) < 4.78 is 32.4. The van der Waals surface area contributed by atoms with Crippen molar-refractivity contribution in [1.82, 2.24) is 9.80 Å². The molecule has 4 fully saturated rings. The molecule has 4 N–H and O–H groups in total. The Morgan fingerprint density at radius 3 is 1.38 bits per heavy atom. The molecule has 12 atom stereocenters. The van der Waals surface area contributed by atoms with E-state index in [9.17, 15) is 43.5 Å². The molecule has 18 nitrogen and oxygen atoms in total. The Balaban J connectivity index is 0.000000692. The number of hydrogen-bond donors (Lipinski definition) is 2. The number of allylic oxidation sites excluding steroid dienone is 2. The van der Waals surface area contributed by atoms with Gasteiger partial charge in [-0.2, -0.15) is 0 Å². The minimum absolute atomic E-state index is 0. The van der Waals surface area contributed by atoms with Gasteiger partial charge in [0, 0.05) is 31.8 Å². The van der Waals surface area contributed by atoms with Gasteiger partial charge < -0.3 is 61.5 Å². The van der Waals surface area contributed by atoms with Gasteiger partial charge in [-0.25, -0.2) is 9.59 Å². The third kappa shape index (κ3) is 22.6. The summed E-state index contributed by atoms with van der Waals surface area (Å²) in [6.07, 6.45) is 12.4. The van der Waals surface area contributed by atoms with Crippen LogP contribution < -0.4 is 18.1 Å². The van der Waals surface area contributed by atoms with E-state index in [-0.39, 0.29) is 122 Å². The van der Waals surface area contributed by atoms with Gasteiger partial charge in [0.25, 0.3) is 0 Å². The molecule has 0 aromatic carbocycles. The highest BCUT2D eigenvalue weighted by Crippen LogP contribution is 2.66. The van der Waals surface area contributed by atoms with E-state index in [4.69, 9.17) is 28.4 Å². The highest BCUT2D eigenvalue weighted by molar-refractivity contribution is 5.95. The average molecular weight is 1180 g/mol. The van der Waals surface area contributed by atoms with E-state index in [1.807, 2.05) is 32.9 Å². The lowest BCUT2D eigenvalue weighted by atomic mass is 9.88. The maximum atomic E-state index is 14.1. The summed E-state index contributed by atoms with van der Waals surface area (Å²) in [5, 5.41) is 9.73. The average Bonchev–Trinajstić information content (AvgIpc) is 3.91. The van der Waals surface area contributed by atoms with Crippen molar-refractivity contribution in [2.45, 2.75) is 209 Å². The summed E-state index contributed by atoms with van der Waals surface area (Å²) in [5.74, 6) is -5.18. The predicted octanol–water partition coefficient (Wildman–Crippen LogP) is 5.70. The SMILES string of the molecule is C=CCCCC[C@H](CC(=O)[C@@H]1[C@@H]2[C@H](CN1C(=O)[C@@H](CC(=O)OC(C)(C)C)[C@H](C)OCC=C)C2(C)C)C(=O)OCC.C=CCCCC[C@H]([NH3+])C(=O)OCC.C=CCO[C@@H](C)[C@H](CC(=O)OC(C)(C)C)C(=O)N1C[C@H]2[C@@H]([C@H]1C(=O)O)C2(C)C.[Cl-]. The second-order valence-electron chi connectivity index (χ2n) is 25.3. The fourth-order valence-corrected chi connectivity index (χ4v) is 11.5. The molecule has 0 radical (unpaired) electrons. The fraction of sp³-hybridized carbons (Fsp3) is 0.746. The number of carboxylic acids is 1. The highest BCUT2D eigenvalue weighted by Gasteiger charge is 2.71. The number of likely N-dealkylation sites (tertiary alicyclic amines) is 2. The molecule has 2 saturated carbocycles. The molecular weight excluding hydrogens is 1070 g/mol. The third-order valence-corrected chi connectivity index (χ3v) is 16.0. The third-order valence-electron chi connectivity index (χ3n) is 16.0. The van der Waals surface area contributed by atoms with E-state index >= 15 is 0 Å². The first kappa shape index (κ1) is 75.1. The first-order valence-electron chi connectivity index (χ1n) is 29.4. The summed E-state index contributed by atoms with van der Waals surface area (Å²) in [4.78, 5) is 105. The van der Waals surface area contributed by atoms with E-state index in [0.29, 0.717) is 26.1 Å². The van der Waals surface area contributed by atoms with Gasteiger partial charge in [-0.3, -0.25) is 28.8 Å².